The third kappa shape index (κ3) is 3.44. The Hall–Kier alpha value is -2.31. The van der Waals surface area contributed by atoms with E-state index in [1.165, 1.54) is 11.3 Å². The van der Waals surface area contributed by atoms with E-state index >= 15 is 0 Å². The van der Waals surface area contributed by atoms with Crippen LogP contribution in [0.4, 0.5) is 15.6 Å². The Balaban J connectivity index is 1.81. The normalized spacial score (nSPS) is 10.7. The molecule has 24 heavy (non-hydrogen) atoms. The topological polar surface area (TPSA) is 63.2 Å². The van der Waals surface area contributed by atoms with Crippen LogP contribution in [0.5, 0.6) is 5.75 Å². The molecular weight excluding hydrogens is 346 g/mol. The summed E-state index contributed by atoms with van der Waals surface area (Å²) in [7, 11) is 1.57. The van der Waals surface area contributed by atoms with Crippen molar-refractivity contribution in [1.29, 1.82) is 0 Å². The summed E-state index contributed by atoms with van der Waals surface area (Å²) in [4.78, 5) is 16.6. The number of amides is 2. The third-order valence-electron chi connectivity index (χ3n) is 3.38. The maximum absolute atomic E-state index is 12.2. The minimum atomic E-state index is -0.353. The second kappa shape index (κ2) is 6.67. The van der Waals surface area contributed by atoms with Gasteiger partial charge in [0.1, 0.15) is 11.3 Å². The largest absolute Gasteiger partial charge is 0.494 e. The van der Waals surface area contributed by atoms with Gasteiger partial charge < -0.3 is 10.1 Å². The predicted molar refractivity (Wildman–Crippen MR) is 99.7 cm³/mol. The lowest BCUT2D eigenvalue weighted by atomic mass is 10.1. The lowest BCUT2D eigenvalue weighted by Crippen LogP contribution is -2.19. The number of urea groups is 1. The molecular formula is C17H16ClN3O2S. The summed E-state index contributed by atoms with van der Waals surface area (Å²) in [6.07, 6.45) is 0. The van der Waals surface area contributed by atoms with E-state index in [1.807, 2.05) is 32.0 Å². The molecule has 0 spiro atoms. The van der Waals surface area contributed by atoms with Gasteiger partial charge >= 0.3 is 6.03 Å². The van der Waals surface area contributed by atoms with Crippen molar-refractivity contribution in [3.05, 3.63) is 46.5 Å². The maximum Gasteiger partial charge on any atom is 0.325 e. The number of methoxy groups -OCH3 is 1. The van der Waals surface area contributed by atoms with Crippen LogP contribution in [0.2, 0.25) is 5.02 Å². The lowest BCUT2D eigenvalue weighted by molar-refractivity contribution is 0.262. The van der Waals surface area contributed by atoms with Gasteiger partial charge in [-0.2, -0.15) is 0 Å². The van der Waals surface area contributed by atoms with Gasteiger partial charge in [-0.25, -0.2) is 9.78 Å². The van der Waals surface area contributed by atoms with Crippen LogP contribution >= 0.6 is 22.9 Å². The van der Waals surface area contributed by atoms with Gasteiger partial charge in [0.15, 0.2) is 5.13 Å². The molecule has 0 saturated heterocycles. The van der Waals surface area contributed by atoms with Crippen molar-refractivity contribution < 1.29 is 9.53 Å². The quantitative estimate of drug-likeness (QED) is 0.672. The molecule has 0 bridgehead atoms. The number of nitrogens with one attached hydrogen (secondary N) is 2. The van der Waals surface area contributed by atoms with Crippen molar-refractivity contribution in [3.63, 3.8) is 0 Å². The molecule has 0 radical (unpaired) electrons. The Morgan fingerprint density at radius 3 is 2.54 bits per heavy atom. The van der Waals surface area contributed by atoms with Crippen molar-refractivity contribution >= 4 is 50.0 Å². The van der Waals surface area contributed by atoms with E-state index in [-0.39, 0.29) is 6.03 Å². The molecule has 0 aliphatic rings. The van der Waals surface area contributed by atoms with Gasteiger partial charge in [0.05, 0.1) is 16.8 Å². The van der Waals surface area contributed by atoms with Crippen LogP contribution in [0, 0.1) is 13.8 Å². The molecule has 0 saturated carbocycles. The first-order valence-electron chi connectivity index (χ1n) is 7.25. The van der Waals surface area contributed by atoms with Gasteiger partial charge in [0, 0.05) is 5.69 Å². The number of aryl methyl sites for hydroxylation is 2. The van der Waals surface area contributed by atoms with Gasteiger partial charge in [0.2, 0.25) is 0 Å². The molecule has 0 unspecified atom stereocenters. The van der Waals surface area contributed by atoms with Crippen LogP contribution in [0.1, 0.15) is 11.1 Å². The molecule has 2 amide bonds. The van der Waals surface area contributed by atoms with Crippen LogP contribution in [0.25, 0.3) is 10.2 Å². The van der Waals surface area contributed by atoms with Crippen LogP contribution in [0.3, 0.4) is 0 Å². The first kappa shape index (κ1) is 16.5. The average Bonchev–Trinajstić information content (AvgIpc) is 2.90. The summed E-state index contributed by atoms with van der Waals surface area (Å²) in [6.45, 7) is 3.97. The predicted octanol–water partition coefficient (Wildman–Crippen LogP) is 5.22. The molecule has 3 rings (SSSR count). The zero-order valence-electron chi connectivity index (χ0n) is 13.4. The molecule has 0 aliphatic carbocycles. The van der Waals surface area contributed by atoms with Crippen LogP contribution < -0.4 is 15.4 Å². The highest BCUT2D eigenvalue weighted by molar-refractivity contribution is 7.23. The summed E-state index contributed by atoms with van der Waals surface area (Å²) < 4.78 is 6.06. The van der Waals surface area contributed by atoms with Crippen LogP contribution in [-0.4, -0.2) is 18.1 Å². The summed E-state index contributed by atoms with van der Waals surface area (Å²) in [6, 6.07) is 9.01. The van der Waals surface area contributed by atoms with Crippen LogP contribution in [0.15, 0.2) is 30.3 Å². The van der Waals surface area contributed by atoms with E-state index in [0.29, 0.717) is 21.4 Å². The average molecular weight is 362 g/mol. The number of anilines is 2. The Kier molecular flexibility index (Phi) is 4.59. The van der Waals surface area contributed by atoms with Crippen molar-refractivity contribution in [1.82, 2.24) is 4.98 Å². The number of rotatable bonds is 3. The Morgan fingerprint density at radius 1 is 1.17 bits per heavy atom. The molecule has 0 fully saturated rings. The molecule has 0 atom stereocenters. The fourth-order valence-corrected chi connectivity index (χ4v) is 3.63. The molecule has 1 heterocycles. The number of aromatic nitrogens is 1. The monoisotopic (exact) mass is 361 g/mol. The van der Waals surface area contributed by atoms with E-state index in [2.05, 4.69) is 15.6 Å². The van der Waals surface area contributed by atoms with Gasteiger partial charge in [-0.1, -0.05) is 29.0 Å². The van der Waals surface area contributed by atoms with Gasteiger partial charge in [-0.3, -0.25) is 5.32 Å². The summed E-state index contributed by atoms with van der Waals surface area (Å²) in [5, 5.41) is 6.58. The summed E-state index contributed by atoms with van der Waals surface area (Å²) in [5.41, 5.74) is 3.54. The number of ether oxygens (including phenoxy) is 1. The van der Waals surface area contributed by atoms with E-state index in [9.17, 15) is 4.79 Å². The van der Waals surface area contributed by atoms with Gasteiger partial charge in [0.25, 0.3) is 0 Å². The van der Waals surface area contributed by atoms with Crippen molar-refractivity contribution in [3.8, 4) is 5.75 Å². The number of carbonyl (C=O) groups excluding carboxylic acids is 1. The Labute approximate surface area is 148 Å². The van der Waals surface area contributed by atoms with Gasteiger partial charge in [-0.15, -0.1) is 0 Å². The number of carbonyl (C=O) groups is 1. The second-order valence-corrected chi connectivity index (χ2v) is 6.81. The maximum atomic E-state index is 12.2. The second-order valence-electron chi connectivity index (χ2n) is 5.40. The number of nitrogens with zero attached hydrogens (tertiary/aromatic N) is 1. The molecule has 0 aliphatic heterocycles. The third-order valence-corrected chi connectivity index (χ3v) is 4.81. The number of benzene rings is 2. The molecule has 5 nitrogen and oxygen atoms in total. The SMILES string of the molecule is COc1ccc(Cl)c2sc(NC(=O)Nc3cc(C)cc(C)c3)nc12. The molecule has 7 heteroatoms. The standard InChI is InChI=1S/C17H16ClN3O2S/c1-9-6-10(2)8-11(7-9)19-16(22)21-17-20-14-13(23-3)5-4-12(18)15(14)24-17/h4-8H,1-3H3,(H2,19,20,21,22). The first-order chi connectivity index (χ1) is 11.5. The number of hydrogen-bond donors (Lipinski definition) is 2. The zero-order valence-corrected chi connectivity index (χ0v) is 15.0. The van der Waals surface area contributed by atoms with E-state index < -0.39 is 0 Å². The molecule has 2 aromatic carbocycles. The molecule has 2 N–H and O–H groups in total. The lowest BCUT2D eigenvalue weighted by Gasteiger charge is -2.07. The highest BCUT2D eigenvalue weighted by atomic mass is 35.5. The van der Waals surface area contributed by atoms with E-state index in [1.54, 1.807) is 19.2 Å². The number of fused-ring (bicyclic) bond motifs is 1. The fourth-order valence-electron chi connectivity index (χ4n) is 2.48. The minimum absolute atomic E-state index is 0.353. The van der Waals surface area contributed by atoms with Gasteiger partial charge in [-0.05, 0) is 49.2 Å². The van der Waals surface area contributed by atoms with E-state index in [0.717, 1.165) is 21.5 Å². The highest BCUT2D eigenvalue weighted by Crippen LogP contribution is 2.37. The zero-order chi connectivity index (χ0) is 17.3. The number of hydrogen-bond acceptors (Lipinski definition) is 4. The number of thiazole rings is 1. The minimum Gasteiger partial charge on any atom is -0.494 e. The first-order valence-corrected chi connectivity index (χ1v) is 8.45. The van der Waals surface area contributed by atoms with Crippen LogP contribution in [-0.2, 0) is 0 Å². The molecule has 1 aromatic heterocycles. The summed E-state index contributed by atoms with van der Waals surface area (Å²) >= 11 is 7.49. The Morgan fingerprint density at radius 2 is 1.88 bits per heavy atom. The highest BCUT2D eigenvalue weighted by Gasteiger charge is 2.14. The number of halogens is 1. The molecule has 124 valence electrons. The fraction of sp³-hybridized carbons (Fsp3) is 0.176. The summed E-state index contributed by atoms with van der Waals surface area (Å²) in [5.74, 6) is 0.619. The Bertz CT molecular complexity index is 903. The van der Waals surface area contributed by atoms with Crippen molar-refractivity contribution in [2.45, 2.75) is 13.8 Å². The van der Waals surface area contributed by atoms with Crippen molar-refractivity contribution in [2.24, 2.45) is 0 Å². The van der Waals surface area contributed by atoms with E-state index in [4.69, 9.17) is 16.3 Å². The van der Waals surface area contributed by atoms with Crippen molar-refractivity contribution in [2.75, 3.05) is 17.7 Å². The molecule has 3 aromatic rings. The smallest absolute Gasteiger partial charge is 0.325 e.